The van der Waals surface area contributed by atoms with Gasteiger partial charge in [-0.15, -0.1) is 11.3 Å². The van der Waals surface area contributed by atoms with E-state index in [1.54, 1.807) is 18.3 Å². The molecule has 7 nitrogen and oxygen atoms in total. The van der Waals surface area contributed by atoms with Crippen LogP contribution >= 0.6 is 11.3 Å². The highest BCUT2D eigenvalue weighted by Gasteiger charge is 2.44. The lowest BCUT2D eigenvalue weighted by atomic mass is 9.97. The first-order valence-electron chi connectivity index (χ1n) is 8.14. The lowest BCUT2D eigenvalue weighted by molar-refractivity contribution is -0.121. The van der Waals surface area contributed by atoms with Crippen LogP contribution < -0.4 is 5.32 Å². The number of carbonyl (C=O) groups is 1. The van der Waals surface area contributed by atoms with E-state index >= 15 is 0 Å². The van der Waals surface area contributed by atoms with E-state index in [4.69, 9.17) is 4.52 Å². The Balaban J connectivity index is 1.75. The zero-order chi connectivity index (χ0) is 17.3. The third kappa shape index (κ3) is 3.49. The molecule has 3 heterocycles. The fourth-order valence-corrected chi connectivity index (χ4v) is 4.02. The molecule has 1 fully saturated rings. The largest absolute Gasteiger partial charge is 0.342 e. The van der Waals surface area contributed by atoms with Crippen LogP contribution in [0.15, 0.2) is 10.7 Å². The number of nitrogens with one attached hydrogen (secondary N) is 1. The number of hydrogen-bond acceptors (Lipinski definition) is 7. The van der Waals surface area contributed by atoms with Crippen LogP contribution in [0.25, 0.3) is 0 Å². The molecule has 0 bridgehead atoms. The maximum absolute atomic E-state index is 11.7. The summed E-state index contributed by atoms with van der Waals surface area (Å²) >= 11 is 1.75. The molecule has 0 spiro atoms. The van der Waals surface area contributed by atoms with Crippen molar-refractivity contribution in [2.24, 2.45) is 0 Å². The third-order valence-corrected chi connectivity index (χ3v) is 5.50. The van der Waals surface area contributed by atoms with Gasteiger partial charge in [0.05, 0.1) is 6.54 Å². The SMILES string of the molecule is CC(=O)N[C@@]1(c2noc(C)n2)CCN(Cc2ncc(C(C)C)s2)C1. The highest BCUT2D eigenvalue weighted by Crippen LogP contribution is 2.32. The van der Waals surface area contributed by atoms with Crippen molar-refractivity contribution in [3.05, 3.63) is 27.8 Å². The smallest absolute Gasteiger partial charge is 0.223 e. The van der Waals surface area contributed by atoms with Gasteiger partial charge >= 0.3 is 0 Å². The summed E-state index contributed by atoms with van der Waals surface area (Å²) in [6.45, 7) is 9.91. The molecule has 1 saturated heterocycles. The summed E-state index contributed by atoms with van der Waals surface area (Å²) in [4.78, 5) is 24.2. The molecule has 0 radical (unpaired) electrons. The Labute approximate surface area is 145 Å². The molecule has 1 N–H and O–H groups in total. The Kier molecular flexibility index (Phi) is 4.69. The van der Waals surface area contributed by atoms with Gasteiger partial charge in [-0.2, -0.15) is 4.98 Å². The lowest BCUT2D eigenvalue weighted by Crippen LogP contribution is -2.47. The van der Waals surface area contributed by atoms with E-state index in [9.17, 15) is 4.79 Å². The first-order valence-corrected chi connectivity index (χ1v) is 8.96. The van der Waals surface area contributed by atoms with Gasteiger partial charge in [0.25, 0.3) is 0 Å². The molecule has 0 unspecified atom stereocenters. The van der Waals surface area contributed by atoms with E-state index in [2.05, 4.69) is 39.2 Å². The summed E-state index contributed by atoms with van der Waals surface area (Å²) in [5, 5.41) is 8.19. The highest BCUT2D eigenvalue weighted by atomic mass is 32.1. The van der Waals surface area contributed by atoms with E-state index in [1.165, 1.54) is 11.8 Å². The Morgan fingerprint density at radius 1 is 1.54 bits per heavy atom. The predicted molar refractivity (Wildman–Crippen MR) is 90.6 cm³/mol. The second-order valence-corrected chi connectivity index (χ2v) is 7.82. The Morgan fingerprint density at radius 2 is 2.33 bits per heavy atom. The topological polar surface area (TPSA) is 84.2 Å². The van der Waals surface area contributed by atoms with Gasteiger partial charge in [-0.25, -0.2) is 4.98 Å². The van der Waals surface area contributed by atoms with Gasteiger partial charge in [0, 0.05) is 38.0 Å². The summed E-state index contributed by atoms with van der Waals surface area (Å²) < 4.78 is 5.13. The number of rotatable bonds is 5. The van der Waals surface area contributed by atoms with Gasteiger partial charge in [0.2, 0.25) is 11.8 Å². The average molecular weight is 349 g/mol. The minimum atomic E-state index is -0.582. The number of thiazole rings is 1. The van der Waals surface area contributed by atoms with Crippen LogP contribution in [-0.2, 0) is 16.9 Å². The van der Waals surface area contributed by atoms with Crippen molar-refractivity contribution in [2.75, 3.05) is 13.1 Å². The van der Waals surface area contributed by atoms with Crippen LogP contribution in [-0.4, -0.2) is 39.0 Å². The van der Waals surface area contributed by atoms with Crippen molar-refractivity contribution < 1.29 is 9.32 Å². The first kappa shape index (κ1) is 17.0. The van der Waals surface area contributed by atoms with Crippen molar-refractivity contribution in [2.45, 2.75) is 52.1 Å². The molecule has 2 aromatic rings. The van der Waals surface area contributed by atoms with Crippen molar-refractivity contribution in [3.63, 3.8) is 0 Å². The monoisotopic (exact) mass is 349 g/mol. The molecule has 1 aliphatic heterocycles. The molecule has 24 heavy (non-hydrogen) atoms. The number of nitrogens with zero attached hydrogens (tertiary/aromatic N) is 4. The third-order valence-electron chi connectivity index (χ3n) is 4.22. The fraction of sp³-hybridized carbons (Fsp3) is 0.625. The standard InChI is InChI=1S/C16H23N5O2S/c1-10(2)13-7-17-14(24-13)8-21-6-5-16(9-21,19-11(3)22)15-18-12(4)23-20-15/h7,10H,5-6,8-9H2,1-4H3,(H,19,22)/t16-/m0/s1. The Hall–Kier alpha value is -1.80. The van der Waals surface area contributed by atoms with Gasteiger partial charge in [-0.1, -0.05) is 19.0 Å². The quantitative estimate of drug-likeness (QED) is 0.891. The molecule has 130 valence electrons. The zero-order valence-corrected chi connectivity index (χ0v) is 15.3. The van der Waals surface area contributed by atoms with E-state index in [1.807, 2.05) is 6.20 Å². The van der Waals surface area contributed by atoms with Crippen LogP contribution in [0.2, 0.25) is 0 Å². The molecular formula is C16H23N5O2S. The highest BCUT2D eigenvalue weighted by molar-refractivity contribution is 7.11. The number of carbonyl (C=O) groups excluding carboxylic acids is 1. The average Bonchev–Trinajstić information content (AvgIpc) is 3.20. The van der Waals surface area contributed by atoms with Crippen molar-refractivity contribution >= 4 is 17.2 Å². The molecule has 0 saturated carbocycles. The molecule has 0 aliphatic carbocycles. The minimum absolute atomic E-state index is 0.0874. The number of hydrogen-bond donors (Lipinski definition) is 1. The van der Waals surface area contributed by atoms with Gasteiger partial charge < -0.3 is 9.84 Å². The van der Waals surface area contributed by atoms with Gasteiger partial charge in [0.1, 0.15) is 10.5 Å². The fourth-order valence-electron chi connectivity index (χ4n) is 3.05. The molecular weight excluding hydrogens is 326 g/mol. The number of amides is 1. The van der Waals surface area contributed by atoms with Crippen molar-refractivity contribution in [1.82, 2.24) is 25.3 Å². The zero-order valence-electron chi connectivity index (χ0n) is 14.5. The summed E-state index contributed by atoms with van der Waals surface area (Å²) in [5.41, 5.74) is -0.582. The van der Waals surface area contributed by atoms with E-state index < -0.39 is 5.54 Å². The summed E-state index contributed by atoms with van der Waals surface area (Å²) in [6, 6.07) is 0. The van der Waals surface area contributed by atoms with E-state index in [-0.39, 0.29) is 5.91 Å². The van der Waals surface area contributed by atoms with E-state index in [0.29, 0.717) is 24.2 Å². The molecule has 1 atom stereocenters. The molecule has 8 heteroatoms. The van der Waals surface area contributed by atoms with Gasteiger partial charge in [-0.3, -0.25) is 9.69 Å². The number of likely N-dealkylation sites (tertiary alicyclic amines) is 1. The summed E-state index contributed by atoms with van der Waals surface area (Å²) in [7, 11) is 0. The minimum Gasteiger partial charge on any atom is -0.342 e. The molecule has 1 amide bonds. The predicted octanol–water partition coefficient (Wildman–Crippen LogP) is 2.20. The number of aryl methyl sites for hydroxylation is 1. The van der Waals surface area contributed by atoms with Gasteiger partial charge in [-0.05, 0) is 12.3 Å². The maximum Gasteiger partial charge on any atom is 0.223 e. The Morgan fingerprint density at radius 3 is 2.92 bits per heavy atom. The molecule has 0 aromatic carbocycles. The normalized spacial score (nSPS) is 21.5. The van der Waals surface area contributed by atoms with Crippen LogP contribution in [0.5, 0.6) is 0 Å². The molecule has 2 aromatic heterocycles. The second-order valence-electron chi connectivity index (χ2n) is 6.67. The van der Waals surface area contributed by atoms with Gasteiger partial charge in [0.15, 0.2) is 5.82 Å². The first-order chi connectivity index (χ1) is 11.4. The maximum atomic E-state index is 11.7. The van der Waals surface area contributed by atoms with Crippen LogP contribution in [0.4, 0.5) is 0 Å². The summed E-state index contributed by atoms with van der Waals surface area (Å²) in [6.07, 6.45) is 2.72. The second kappa shape index (κ2) is 6.60. The van der Waals surface area contributed by atoms with Crippen LogP contribution in [0, 0.1) is 6.92 Å². The Bertz CT molecular complexity index is 726. The van der Waals surface area contributed by atoms with Crippen molar-refractivity contribution in [1.29, 1.82) is 0 Å². The number of aromatic nitrogens is 3. The van der Waals surface area contributed by atoms with E-state index in [0.717, 1.165) is 24.5 Å². The van der Waals surface area contributed by atoms with Crippen LogP contribution in [0.1, 0.15) is 54.7 Å². The lowest BCUT2D eigenvalue weighted by Gasteiger charge is -2.26. The molecule has 3 rings (SSSR count). The van der Waals surface area contributed by atoms with Crippen molar-refractivity contribution in [3.8, 4) is 0 Å². The summed E-state index contributed by atoms with van der Waals surface area (Å²) in [5.74, 6) is 1.47. The van der Waals surface area contributed by atoms with Crippen LogP contribution in [0.3, 0.4) is 0 Å². The molecule has 1 aliphatic rings.